The van der Waals surface area contributed by atoms with E-state index in [1.807, 2.05) is 0 Å². The molecular weight excluding hydrogens is 440 g/mol. The zero-order valence-electron chi connectivity index (χ0n) is 14.1. The highest BCUT2D eigenvalue weighted by Crippen LogP contribution is 2.35. The molecule has 0 bridgehead atoms. The van der Waals surface area contributed by atoms with Crippen LogP contribution in [0.25, 0.3) is 0 Å². The number of benzene rings is 2. The highest BCUT2D eigenvalue weighted by Gasteiger charge is 2.28. The standard InChI is InChI=1S/C18H18BrClN2O3S/c1-2-18(23)22-8-7-13-9-15(19)17(10-16(13)22)26(24,25)21-11-12-3-5-14(20)6-4-12/h3-6,9-10,21H,2,7-8,11H2,1H3. The van der Waals surface area contributed by atoms with E-state index in [4.69, 9.17) is 11.6 Å². The van der Waals surface area contributed by atoms with Gasteiger partial charge >= 0.3 is 0 Å². The average Bonchev–Trinajstić information content (AvgIpc) is 3.02. The summed E-state index contributed by atoms with van der Waals surface area (Å²) in [5.74, 6) is -0.0106. The molecule has 0 aromatic heterocycles. The fourth-order valence-corrected chi connectivity index (χ4v) is 5.15. The Morgan fingerprint density at radius 3 is 2.62 bits per heavy atom. The van der Waals surface area contributed by atoms with E-state index in [1.54, 1.807) is 48.2 Å². The van der Waals surface area contributed by atoms with Crippen LogP contribution in [0.15, 0.2) is 45.8 Å². The molecule has 0 radical (unpaired) electrons. The summed E-state index contributed by atoms with van der Waals surface area (Å²) in [6.45, 7) is 2.53. The number of nitrogens with one attached hydrogen (secondary N) is 1. The fourth-order valence-electron chi connectivity index (χ4n) is 2.90. The van der Waals surface area contributed by atoms with Crippen molar-refractivity contribution in [2.45, 2.75) is 31.2 Å². The zero-order chi connectivity index (χ0) is 18.9. The summed E-state index contributed by atoms with van der Waals surface area (Å²) in [6, 6.07) is 10.3. The van der Waals surface area contributed by atoms with Crippen LogP contribution in [-0.2, 0) is 27.8 Å². The van der Waals surface area contributed by atoms with Gasteiger partial charge in [0.25, 0.3) is 0 Å². The van der Waals surface area contributed by atoms with Crippen LogP contribution in [0.1, 0.15) is 24.5 Å². The number of hydrogen-bond donors (Lipinski definition) is 1. The Labute approximate surface area is 166 Å². The van der Waals surface area contributed by atoms with Crippen molar-refractivity contribution in [1.82, 2.24) is 4.72 Å². The maximum absolute atomic E-state index is 12.8. The molecule has 2 aromatic carbocycles. The second-order valence-corrected chi connectivity index (χ2v) is 9.04. The lowest BCUT2D eigenvalue weighted by atomic mass is 10.2. The minimum Gasteiger partial charge on any atom is -0.312 e. The van der Waals surface area contributed by atoms with Gasteiger partial charge in [0, 0.05) is 34.7 Å². The third-order valence-electron chi connectivity index (χ3n) is 4.30. The molecule has 138 valence electrons. The highest BCUT2D eigenvalue weighted by molar-refractivity contribution is 9.10. The number of nitrogens with zero attached hydrogens (tertiary/aromatic N) is 1. The van der Waals surface area contributed by atoms with Gasteiger partial charge in [0.05, 0.1) is 4.90 Å². The zero-order valence-corrected chi connectivity index (χ0v) is 17.3. The fraction of sp³-hybridized carbons (Fsp3) is 0.278. The van der Waals surface area contributed by atoms with Crippen molar-refractivity contribution in [2.24, 2.45) is 0 Å². The molecule has 8 heteroatoms. The van der Waals surface area contributed by atoms with Crippen molar-refractivity contribution in [1.29, 1.82) is 0 Å². The Kier molecular flexibility index (Phi) is 5.72. The van der Waals surface area contributed by atoms with Crippen LogP contribution in [0.2, 0.25) is 5.02 Å². The van der Waals surface area contributed by atoms with Gasteiger partial charge in [-0.25, -0.2) is 13.1 Å². The molecule has 1 amide bonds. The monoisotopic (exact) mass is 456 g/mol. The van der Waals surface area contributed by atoms with E-state index in [-0.39, 0.29) is 17.3 Å². The number of halogens is 2. The van der Waals surface area contributed by atoms with Crippen LogP contribution in [0.5, 0.6) is 0 Å². The van der Waals surface area contributed by atoms with Gasteiger partial charge in [0.2, 0.25) is 15.9 Å². The average molecular weight is 458 g/mol. The Morgan fingerprint density at radius 2 is 1.96 bits per heavy atom. The summed E-state index contributed by atoms with van der Waals surface area (Å²) in [4.78, 5) is 13.9. The minimum atomic E-state index is -3.74. The molecule has 1 aliphatic heterocycles. The molecule has 2 aromatic rings. The minimum absolute atomic E-state index is 0.0106. The molecule has 3 rings (SSSR count). The van der Waals surface area contributed by atoms with E-state index in [1.165, 1.54) is 0 Å². The molecular formula is C18H18BrClN2O3S. The van der Waals surface area contributed by atoms with Crippen LogP contribution < -0.4 is 9.62 Å². The lowest BCUT2D eigenvalue weighted by Crippen LogP contribution is -2.28. The molecule has 26 heavy (non-hydrogen) atoms. The predicted octanol–water partition coefficient (Wildman–Crippen LogP) is 3.88. The number of hydrogen-bond acceptors (Lipinski definition) is 3. The number of sulfonamides is 1. The van der Waals surface area contributed by atoms with Crippen LogP contribution in [0.3, 0.4) is 0 Å². The van der Waals surface area contributed by atoms with Crippen LogP contribution >= 0.6 is 27.5 Å². The van der Waals surface area contributed by atoms with Gasteiger partial charge in [-0.3, -0.25) is 4.79 Å². The molecule has 0 unspecified atom stereocenters. The number of carbonyl (C=O) groups is 1. The Morgan fingerprint density at radius 1 is 1.27 bits per heavy atom. The second-order valence-electron chi connectivity index (χ2n) is 6.01. The molecule has 1 aliphatic rings. The van der Waals surface area contributed by atoms with Crippen molar-refractivity contribution in [3.8, 4) is 0 Å². The Bertz CT molecular complexity index is 946. The first-order valence-electron chi connectivity index (χ1n) is 8.18. The van der Waals surface area contributed by atoms with Crippen molar-refractivity contribution in [3.05, 3.63) is 57.0 Å². The van der Waals surface area contributed by atoms with E-state index in [0.717, 1.165) is 17.5 Å². The van der Waals surface area contributed by atoms with Crippen molar-refractivity contribution in [3.63, 3.8) is 0 Å². The lowest BCUT2D eigenvalue weighted by Gasteiger charge is -2.18. The third kappa shape index (κ3) is 3.96. The van der Waals surface area contributed by atoms with E-state index < -0.39 is 10.0 Å². The van der Waals surface area contributed by atoms with Gasteiger partial charge in [-0.2, -0.15) is 0 Å². The molecule has 0 spiro atoms. The third-order valence-corrected chi connectivity index (χ3v) is 6.91. The van der Waals surface area contributed by atoms with E-state index >= 15 is 0 Å². The van der Waals surface area contributed by atoms with E-state index in [9.17, 15) is 13.2 Å². The van der Waals surface area contributed by atoms with Gasteiger partial charge in [0.1, 0.15) is 0 Å². The van der Waals surface area contributed by atoms with Gasteiger partial charge in [0.15, 0.2) is 0 Å². The summed E-state index contributed by atoms with van der Waals surface area (Å²) >= 11 is 9.20. The van der Waals surface area contributed by atoms with Gasteiger partial charge in [-0.05, 0) is 57.7 Å². The Hall–Kier alpha value is -1.41. The van der Waals surface area contributed by atoms with Crippen molar-refractivity contribution in [2.75, 3.05) is 11.4 Å². The van der Waals surface area contributed by atoms with Gasteiger partial charge < -0.3 is 4.90 Å². The van der Waals surface area contributed by atoms with Gasteiger partial charge in [-0.1, -0.05) is 30.7 Å². The number of rotatable bonds is 5. The first kappa shape index (κ1) is 19.4. The largest absolute Gasteiger partial charge is 0.312 e. The van der Waals surface area contributed by atoms with Crippen LogP contribution in [-0.4, -0.2) is 20.9 Å². The number of amides is 1. The van der Waals surface area contributed by atoms with Gasteiger partial charge in [-0.15, -0.1) is 0 Å². The highest BCUT2D eigenvalue weighted by atomic mass is 79.9. The predicted molar refractivity (Wildman–Crippen MR) is 106 cm³/mol. The molecule has 0 atom stereocenters. The van der Waals surface area contributed by atoms with E-state index in [0.29, 0.717) is 28.1 Å². The lowest BCUT2D eigenvalue weighted by molar-refractivity contribution is -0.118. The summed E-state index contributed by atoms with van der Waals surface area (Å²) in [6.07, 6.45) is 1.10. The van der Waals surface area contributed by atoms with Crippen LogP contribution in [0, 0.1) is 0 Å². The normalized spacial score (nSPS) is 13.7. The summed E-state index contributed by atoms with van der Waals surface area (Å²) in [5.41, 5.74) is 2.44. The molecule has 1 heterocycles. The molecule has 0 fully saturated rings. The van der Waals surface area contributed by atoms with Crippen LogP contribution in [0.4, 0.5) is 5.69 Å². The molecule has 0 aliphatic carbocycles. The summed E-state index contributed by atoms with van der Waals surface area (Å²) in [7, 11) is -3.74. The SMILES string of the molecule is CCC(=O)N1CCc2cc(Br)c(S(=O)(=O)NCc3ccc(Cl)cc3)cc21. The first-order valence-corrected chi connectivity index (χ1v) is 10.8. The number of fused-ring (bicyclic) bond motifs is 1. The van der Waals surface area contributed by atoms with E-state index in [2.05, 4.69) is 20.7 Å². The topological polar surface area (TPSA) is 66.5 Å². The maximum atomic E-state index is 12.8. The Balaban J connectivity index is 1.88. The molecule has 0 saturated heterocycles. The molecule has 1 N–H and O–H groups in total. The van der Waals surface area contributed by atoms with Crippen molar-refractivity contribution < 1.29 is 13.2 Å². The maximum Gasteiger partial charge on any atom is 0.242 e. The summed E-state index contributed by atoms with van der Waals surface area (Å²) in [5, 5.41) is 0.596. The number of carbonyl (C=O) groups excluding carboxylic acids is 1. The first-order chi connectivity index (χ1) is 12.3. The molecule has 5 nitrogen and oxygen atoms in total. The number of anilines is 1. The smallest absolute Gasteiger partial charge is 0.242 e. The summed E-state index contributed by atoms with van der Waals surface area (Å²) < 4.78 is 28.6. The quantitative estimate of drug-likeness (QED) is 0.741. The van der Waals surface area contributed by atoms with Crippen molar-refractivity contribution >= 4 is 49.1 Å². The molecule has 0 saturated carbocycles. The second kappa shape index (κ2) is 7.68.